The molecule has 2 saturated heterocycles. The Morgan fingerprint density at radius 1 is 1.15 bits per heavy atom. The third-order valence-electron chi connectivity index (χ3n) is 10.3. The molecule has 0 unspecified atom stereocenters. The molecule has 1 N–H and O–H groups in total. The molecular weight excluding hydrogens is 612 g/mol. The summed E-state index contributed by atoms with van der Waals surface area (Å²) >= 11 is 6.75. The van der Waals surface area contributed by atoms with Gasteiger partial charge >= 0.3 is 6.01 Å². The molecule has 4 aliphatic rings. The molecule has 1 aliphatic carbocycles. The first kappa shape index (κ1) is 31.7. The van der Waals surface area contributed by atoms with Gasteiger partial charge in [-0.1, -0.05) is 42.4 Å². The number of rotatable bonds is 8. The van der Waals surface area contributed by atoms with E-state index in [2.05, 4.69) is 70.8 Å². The summed E-state index contributed by atoms with van der Waals surface area (Å²) in [5, 5.41) is 16.1. The number of fused-ring (bicyclic) bond motifs is 2. The van der Waals surface area contributed by atoms with Gasteiger partial charge in [-0.05, 0) is 56.7 Å². The Morgan fingerprint density at radius 3 is 2.70 bits per heavy atom. The maximum atomic E-state index is 12.6. The first-order valence-corrected chi connectivity index (χ1v) is 17.1. The average molecular weight is 655 g/mol. The number of carbonyl (C=O) groups excluding carboxylic acids is 1. The van der Waals surface area contributed by atoms with Gasteiger partial charge in [-0.3, -0.25) is 9.69 Å². The summed E-state index contributed by atoms with van der Waals surface area (Å²) in [4.78, 5) is 31.7. The zero-order chi connectivity index (χ0) is 32.8. The molecule has 1 amide bonds. The molecule has 0 spiro atoms. The Morgan fingerprint density at radius 2 is 1.96 bits per heavy atom. The molecule has 11 heteroatoms. The zero-order valence-electron chi connectivity index (χ0n) is 27.3. The number of benzene rings is 2. The van der Waals surface area contributed by atoms with Gasteiger partial charge in [-0.2, -0.15) is 15.2 Å². The van der Waals surface area contributed by atoms with Gasteiger partial charge in [-0.15, -0.1) is 0 Å². The zero-order valence-corrected chi connectivity index (χ0v) is 28.1. The van der Waals surface area contributed by atoms with Gasteiger partial charge in [0, 0.05) is 68.0 Å². The number of carbonyl (C=O) groups is 1. The molecule has 7 rings (SSSR count). The second-order valence-corrected chi connectivity index (χ2v) is 14.4. The second kappa shape index (κ2) is 12.6. The number of nitrogens with one attached hydrogen (secondary N) is 1. The highest BCUT2D eigenvalue weighted by molar-refractivity contribution is 6.36. The summed E-state index contributed by atoms with van der Waals surface area (Å²) in [7, 11) is 0. The highest BCUT2D eigenvalue weighted by atomic mass is 35.5. The standard InChI is InChI=1S/C36H43ClN8O2/c1-4-31(46)45-20-19-43(21-26(45)11-15-38)33-27-12-17-42(30-10-6-8-25-7-5-9-28(37)32(25)30)22-29(27)40-34(41-33)47-24-36(13-14-36)44-18-16-39-35(2,3)23-44/h4-10,26,39H,1,11-14,16-24H2,2-3H3/t26-/m0/s1. The van der Waals surface area contributed by atoms with E-state index in [4.69, 9.17) is 26.3 Å². The van der Waals surface area contributed by atoms with E-state index in [0.29, 0.717) is 38.8 Å². The summed E-state index contributed by atoms with van der Waals surface area (Å²) in [6.07, 6.45) is 4.53. The highest BCUT2D eigenvalue weighted by Crippen LogP contribution is 2.44. The minimum absolute atomic E-state index is 0.0130. The lowest BCUT2D eigenvalue weighted by molar-refractivity contribution is -0.128. The maximum absolute atomic E-state index is 12.6. The van der Waals surface area contributed by atoms with E-state index in [1.807, 2.05) is 12.1 Å². The molecule has 2 aromatic carbocycles. The van der Waals surface area contributed by atoms with E-state index in [1.165, 1.54) is 6.08 Å². The first-order valence-electron chi connectivity index (χ1n) is 16.7. The van der Waals surface area contributed by atoms with Crippen molar-refractivity contribution in [2.75, 3.05) is 62.2 Å². The molecule has 1 aromatic heterocycles. The van der Waals surface area contributed by atoms with E-state index in [0.717, 1.165) is 84.0 Å². The van der Waals surface area contributed by atoms with Crippen molar-refractivity contribution in [3.05, 3.63) is 65.3 Å². The molecule has 10 nitrogen and oxygen atoms in total. The monoisotopic (exact) mass is 654 g/mol. The van der Waals surface area contributed by atoms with Crippen LogP contribution in [0.25, 0.3) is 10.8 Å². The lowest BCUT2D eigenvalue weighted by Crippen LogP contribution is -2.61. The van der Waals surface area contributed by atoms with Crippen molar-refractivity contribution in [3.63, 3.8) is 0 Å². The summed E-state index contributed by atoms with van der Waals surface area (Å²) in [5.74, 6) is 0.705. The molecule has 0 bridgehead atoms. The molecule has 0 radical (unpaired) electrons. The van der Waals surface area contributed by atoms with Crippen LogP contribution in [0.4, 0.5) is 11.5 Å². The number of amides is 1. The van der Waals surface area contributed by atoms with Crippen LogP contribution in [0.5, 0.6) is 6.01 Å². The Kier molecular flexibility index (Phi) is 8.49. The molecular formula is C36H43ClN8O2. The maximum Gasteiger partial charge on any atom is 0.318 e. The van der Waals surface area contributed by atoms with Gasteiger partial charge in [0.25, 0.3) is 0 Å². The van der Waals surface area contributed by atoms with Gasteiger partial charge in [0.15, 0.2) is 0 Å². The third-order valence-corrected chi connectivity index (χ3v) is 10.6. The SMILES string of the molecule is C=CC(=O)N1CCN(c2nc(OCC3(N4CCNC(C)(C)C4)CC3)nc3c2CCN(c2cccc4cccc(Cl)c24)C3)C[C@@H]1CC#N. The van der Waals surface area contributed by atoms with E-state index in [1.54, 1.807) is 4.90 Å². The van der Waals surface area contributed by atoms with Gasteiger partial charge in [0.1, 0.15) is 12.4 Å². The van der Waals surface area contributed by atoms with Gasteiger partial charge < -0.3 is 24.8 Å². The Labute approximate surface area is 281 Å². The lowest BCUT2D eigenvalue weighted by atomic mass is 10.00. The topological polar surface area (TPSA) is 101 Å². The minimum atomic E-state index is -0.252. The summed E-state index contributed by atoms with van der Waals surface area (Å²) in [5.41, 5.74) is 3.20. The molecule has 1 atom stereocenters. The quantitative estimate of drug-likeness (QED) is 0.351. The second-order valence-electron chi connectivity index (χ2n) is 14.0. The number of nitrogens with zero attached hydrogens (tertiary/aromatic N) is 7. The summed E-state index contributed by atoms with van der Waals surface area (Å²) < 4.78 is 6.55. The molecule has 3 aromatic rings. The average Bonchev–Trinajstić information content (AvgIpc) is 3.87. The van der Waals surface area contributed by atoms with Crippen molar-refractivity contribution in [2.45, 2.75) is 63.2 Å². The van der Waals surface area contributed by atoms with Gasteiger partial charge in [-0.25, -0.2) is 0 Å². The van der Waals surface area contributed by atoms with E-state index < -0.39 is 0 Å². The number of hydrogen-bond acceptors (Lipinski definition) is 9. The Bertz CT molecular complexity index is 1730. The van der Waals surface area contributed by atoms with Crippen molar-refractivity contribution < 1.29 is 9.53 Å². The van der Waals surface area contributed by atoms with Crippen molar-refractivity contribution in [2.24, 2.45) is 0 Å². The van der Waals surface area contributed by atoms with Crippen molar-refractivity contribution >= 4 is 39.8 Å². The number of aromatic nitrogens is 2. The fourth-order valence-electron chi connectivity index (χ4n) is 7.64. The molecule has 1 saturated carbocycles. The Hall–Kier alpha value is -3.91. The molecule has 3 fully saturated rings. The van der Waals surface area contributed by atoms with Crippen LogP contribution >= 0.6 is 11.6 Å². The molecule has 246 valence electrons. The van der Waals surface area contributed by atoms with Crippen LogP contribution < -0.4 is 19.9 Å². The first-order chi connectivity index (χ1) is 22.7. The predicted octanol–water partition coefficient (Wildman–Crippen LogP) is 4.56. The van der Waals surface area contributed by atoms with E-state index >= 15 is 0 Å². The smallest absolute Gasteiger partial charge is 0.318 e. The number of nitriles is 1. The van der Waals surface area contributed by atoms with Crippen molar-refractivity contribution in [1.82, 2.24) is 25.1 Å². The molecule has 3 aliphatic heterocycles. The van der Waals surface area contributed by atoms with Crippen LogP contribution in [-0.4, -0.2) is 95.2 Å². The van der Waals surface area contributed by atoms with Crippen molar-refractivity contribution in [1.29, 1.82) is 5.26 Å². The number of ether oxygens (including phenoxy) is 1. The minimum Gasteiger partial charge on any atom is -0.461 e. The number of anilines is 2. The summed E-state index contributed by atoms with van der Waals surface area (Å²) in [6, 6.07) is 14.7. The van der Waals surface area contributed by atoms with E-state index in [-0.39, 0.29) is 29.4 Å². The van der Waals surface area contributed by atoms with E-state index in [9.17, 15) is 10.1 Å². The summed E-state index contributed by atoms with van der Waals surface area (Å²) in [6.45, 7) is 14.7. The Balaban J connectivity index is 1.21. The van der Waals surface area contributed by atoms with Gasteiger partial charge in [0.2, 0.25) is 5.91 Å². The molecule has 4 heterocycles. The largest absolute Gasteiger partial charge is 0.461 e. The van der Waals surface area contributed by atoms with Crippen LogP contribution in [0.15, 0.2) is 49.1 Å². The molecule has 47 heavy (non-hydrogen) atoms. The highest BCUT2D eigenvalue weighted by Gasteiger charge is 2.51. The van der Waals surface area contributed by atoms with Crippen LogP contribution in [0, 0.1) is 11.3 Å². The number of piperazine rings is 2. The van der Waals surface area contributed by atoms with Crippen molar-refractivity contribution in [3.8, 4) is 12.1 Å². The van der Waals surface area contributed by atoms with Crippen LogP contribution in [0.1, 0.15) is 44.4 Å². The van der Waals surface area contributed by atoms with Crippen LogP contribution in [-0.2, 0) is 17.8 Å². The fraction of sp³-hybridized carbons (Fsp3) is 0.500. The van der Waals surface area contributed by atoms with Gasteiger partial charge in [0.05, 0.1) is 41.3 Å². The van der Waals surface area contributed by atoms with Crippen LogP contribution in [0.2, 0.25) is 5.02 Å². The fourth-order valence-corrected chi connectivity index (χ4v) is 7.92. The predicted molar refractivity (Wildman–Crippen MR) is 185 cm³/mol. The number of halogens is 1. The van der Waals surface area contributed by atoms with Crippen LogP contribution in [0.3, 0.4) is 0 Å². The lowest BCUT2D eigenvalue weighted by Gasteiger charge is -2.43. The third kappa shape index (κ3) is 6.24. The number of hydrogen-bond donors (Lipinski definition) is 1. The normalized spacial score (nSPS) is 22.0.